The molecule has 0 spiro atoms. The molecule has 0 bridgehead atoms. The van der Waals surface area contributed by atoms with Gasteiger partial charge in [0.2, 0.25) is 0 Å². The smallest absolute Gasteiger partial charge is 0.319 e. The van der Waals surface area contributed by atoms with Crippen LogP contribution in [-0.4, -0.2) is 26.2 Å². The van der Waals surface area contributed by atoms with E-state index in [1.165, 1.54) is 29.0 Å². The molecule has 2 aromatic rings. The number of hydrogen-bond donors (Lipinski definition) is 1. The average Bonchev–Trinajstić information content (AvgIpc) is 2.43. The van der Waals surface area contributed by atoms with E-state index in [0.717, 1.165) is 13.0 Å². The monoisotopic (exact) mass is 257 g/mol. The molecule has 0 amide bonds. The number of hydrogen-bond acceptors (Lipinski definition) is 3. The fourth-order valence-corrected chi connectivity index (χ4v) is 2.07. The van der Waals surface area contributed by atoms with Gasteiger partial charge in [0.15, 0.2) is 0 Å². The average molecular weight is 257 g/mol. The Morgan fingerprint density at radius 2 is 1.89 bits per heavy atom. The third-order valence-electron chi connectivity index (χ3n) is 3.15. The molecule has 2 aromatic carbocycles. The molecule has 0 unspecified atom stereocenters. The minimum Gasteiger partial charge on any atom is -0.468 e. The summed E-state index contributed by atoms with van der Waals surface area (Å²) in [6.45, 7) is 3.14. The van der Waals surface area contributed by atoms with Gasteiger partial charge in [0, 0.05) is 0 Å². The Kier molecular flexibility index (Phi) is 4.53. The number of carbonyl (C=O) groups excluding carboxylic acids is 1. The molecule has 2 rings (SSSR count). The number of aryl methyl sites for hydroxylation is 1. The van der Waals surface area contributed by atoms with Crippen LogP contribution in [0.5, 0.6) is 0 Å². The first kappa shape index (κ1) is 13.6. The Bertz CT molecular complexity index is 578. The van der Waals surface area contributed by atoms with Crippen molar-refractivity contribution in [1.82, 2.24) is 5.32 Å². The van der Waals surface area contributed by atoms with E-state index in [1.807, 2.05) is 0 Å². The van der Waals surface area contributed by atoms with Crippen LogP contribution in [0.3, 0.4) is 0 Å². The Morgan fingerprint density at radius 3 is 2.68 bits per heavy atom. The number of esters is 1. The number of benzene rings is 2. The van der Waals surface area contributed by atoms with E-state index in [9.17, 15) is 4.79 Å². The Morgan fingerprint density at radius 1 is 1.16 bits per heavy atom. The summed E-state index contributed by atoms with van der Waals surface area (Å²) < 4.78 is 4.57. The third-order valence-corrected chi connectivity index (χ3v) is 3.15. The van der Waals surface area contributed by atoms with Gasteiger partial charge in [0.05, 0.1) is 13.7 Å². The van der Waals surface area contributed by atoms with E-state index in [4.69, 9.17) is 0 Å². The minimum atomic E-state index is -0.228. The number of rotatable bonds is 5. The van der Waals surface area contributed by atoms with Gasteiger partial charge < -0.3 is 10.1 Å². The van der Waals surface area contributed by atoms with Crippen LogP contribution < -0.4 is 5.32 Å². The predicted molar refractivity (Wildman–Crippen MR) is 77.3 cm³/mol. The maximum atomic E-state index is 10.9. The number of methoxy groups -OCH3 is 1. The zero-order valence-corrected chi connectivity index (χ0v) is 11.4. The summed E-state index contributed by atoms with van der Waals surface area (Å²) in [5, 5.41) is 5.60. The molecule has 3 nitrogen and oxygen atoms in total. The van der Waals surface area contributed by atoms with Gasteiger partial charge in [-0.3, -0.25) is 4.79 Å². The summed E-state index contributed by atoms with van der Waals surface area (Å²) in [7, 11) is 1.40. The van der Waals surface area contributed by atoms with Crippen LogP contribution in [0.25, 0.3) is 10.8 Å². The molecule has 0 saturated carbocycles. The lowest BCUT2D eigenvalue weighted by Crippen LogP contribution is -2.25. The second kappa shape index (κ2) is 6.34. The third kappa shape index (κ3) is 3.80. The van der Waals surface area contributed by atoms with Crippen LogP contribution in [0.1, 0.15) is 11.1 Å². The lowest BCUT2D eigenvalue weighted by molar-refractivity contribution is -0.139. The predicted octanol–water partition coefficient (Wildman–Crippen LogP) is 2.45. The van der Waals surface area contributed by atoms with Gasteiger partial charge in [-0.15, -0.1) is 0 Å². The molecule has 0 heterocycles. The first-order chi connectivity index (χ1) is 9.19. The summed E-state index contributed by atoms with van der Waals surface area (Å²) in [6, 6.07) is 13.0. The second-order valence-electron chi connectivity index (χ2n) is 4.69. The van der Waals surface area contributed by atoms with E-state index in [-0.39, 0.29) is 12.5 Å². The van der Waals surface area contributed by atoms with Gasteiger partial charge in [-0.05, 0) is 36.2 Å². The fourth-order valence-electron chi connectivity index (χ4n) is 2.07. The number of fused-ring (bicyclic) bond motifs is 1. The minimum absolute atomic E-state index is 0.228. The van der Waals surface area contributed by atoms with Crippen molar-refractivity contribution in [3.63, 3.8) is 0 Å². The summed E-state index contributed by atoms with van der Waals surface area (Å²) in [4.78, 5) is 10.9. The number of ether oxygens (including phenoxy) is 1. The molecule has 0 radical (unpaired) electrons. The highest BCUT2D eigenvalue weighted by Gasteiger charge is 2.00. The van der Waals surface area contributed by atoms with Crippen LogP contribution in [0.15, 0.2) is 36.4 Å². The molecule has 0 saturated heterocycles. The van der Waals surface area contributed by atoms with Crippen LogP contribution in [0, 0.1) is 6.92 Å². The van der Waals surface area contributed by atoms with E-state index < -0.39 is 0 Å². The van der Waals surface area contributed by atoms with Crippen molar-refractivity contribution in [1.29, 1.82) is 0 Å². The Balaban J connectivity index is 1.94. The Labute approximate surface area is 113 Å². The van der Waals surface area contributed by atoms with Gasteiger partial charge in [0.25, 0.3) is 0 Å². The van der Waals surface area contributed by atoms with Crippen molar-refractivity contribution in [2.24, 2.45) is 0 Å². The lowest BCUT2D eigenvalue weighted by Gasteiger charge is -2.06. The highest BCUT2D eigenvalue weighted by atomic mass is 16.5. The first-order valence-corrected chi connectivity index (χ1v) is 6.46. The van der Waals surface area contributed by atoms with Crippen LogP contribution in [0.4, 0.5) is 0 Å². The number of carbonyl (C=O) groups is 1. The molecule has 0 atom stereocenters. The van der Waals surface area contributed by atoms with E-state index in [2.05, 4.69) is 53.4 Å². The van der Waals surface area contributed by atoms with Crippen molar-refractivity contribution >= 4 is 16.7 Å². The van der Waals surface area contributed by atoms with Crippen molar-refractivity contribution in [3.8, 4) is 0 Å². The SMILES string of the molecule is COC(=O)CNCCc1ccc2cc(C)ccc2c1. The largest absolute Gasteiger partial charge is 0.468 e. The molecule has 19 heavy (non-hydrogen) atoms. The van der Waals surface area contributed by atoms with E-state index in [1.54, 1.807) is 0 Å². The van der Waals surface area contributed by atoms with Crippen LogP contribution >= 0.6 is 0 Å². The molecule has 0 fully saturated rings. The van der Waals surface area contributed by atoms with Gasteiger partial charge >= 0.3 is 5.97 Å². The quantitative estimate of drug-likeness (QED) is 0.660. The van der Waals surface area contributed by atoms with Crippen molar-refractivity contribution in [2.75, 3.05) is 20.2 Å². The maximum Gasteiger partial charge on any atom is 0.319 e. The van der Waals surface area contributed by atoms with E-state index >= 15 is 0 Å². The zero-order valence-electron chi connectivity index (χ0n) is 11.4. The highest BCUT2D eigenvalue weighted by Crippen LogP contribution is 2.17. The lowest BCUT2D eigenvalue weighted by atomic mass is 10.0. The Hall–Kier alpha value is -1.87. The maximum absolute atomic E-state index is 10.9. The summed E-state index contributed by atoms with van der Waals surface area (Å²) in [5.74, 6) is -0.228. The van der Waals surface area contributed by atoms with Crippen molar-refractivity contribution < 1.29 is 9.53 Å². The topological polar surface area (TPSA) is 38.3 Å². The number of nitrogens with one attached hydrogen (secondary N) is 1. The normalized spacial score (nSPS) is 10.6. The van der Waals surface area contributed by atoms with Gasteiger partial charge in [-0.2, -0.15) is 0 Å². The zero-order chi connectivity index (χ0) is 13.7. The van der Waals surface area contributed by atoms with Crippen molar-refractivity contribution in [2.45, 2.75) is 13.3 Å². The molecule has 3 heteroatoms. The van der Waals surface area contributed by atoms with Gasteiger partial charge in [-0.1, -0.05) is 42.0 Å². The fraction of sp³-hybridized carbons (Fsp3) is 0.312. The molecule has 0 aromatic heterocycles. The molecule has 100 valence electrons. The van der Waals surface area contributed by atoms with Crippen LogP contribution in [0.2, 0.25) is 0 Å². The summed E-state index contributed by atoms with van der Waals surface area (Å²) in [6.07, 6.45) is 0.904. The molecular weight excluding hydrogens is 238 g/mol. The second-order valence-corrected chi connectivity index (χ2v) is 4.69. The van der Waals surface area contributed by atoms with Gasteiger partial charge in [0.1, 0.15) is 0 Å². The first-order valence-electron chi connectivity index (χ1n) is 6.46. The highest BCUT2D eigenvalue weighted by molar-refractivity contribution is 5.83. The summed E-state index contributed by atoms with van der Waals surface area (Å²) in [5.41, 5.74) is 2.55. The van der Waals surface area contributed by atoms with E-state index in [0.29, 0.717) is 0 Å². The molecule has 1 N–H and O–H groups in total. The van der Waals surface area contributed by atoms with Gasteiger partial charge in [-0.25, -0.2) is 0 Å². The standard InChI is InChI=1S/C16H19NO2/c1-12-3-5-15-10-13(4-6-14(15)9-12)7-8-17-11-16(18)19-2/h3-6,9-10,17H,7-8,11H2,1-2H3. The molecule has 0 aliphatic heterocycles. The summed E-state index contributed by atoms with van der Waals surface area (Å²) >= 11 is 0. The molecular formula is C16H19NO2. The van der Waals surface area contributed by atoms with Crippen molar-refractivity contribution in [3.05, 3.63) is 47.5 Å². The molecule has 0 aliphatic carbocycles. The molecule has 0 aliphatic rings. The van der Waals surface area contributed by atoms with Crippen LogP contribution in [-0.2, 0) is 16.0 Å².